The highest BCUT2D eigenvalue weighted by atomic mass is 35.5. The van der Waals surface area contributed by atoms with Gasteiger partial charge in [0.2, 0.25) is 0 Å². The Morgan fingerprint density at radius 2 is 2.29 bits per heavy atom. The van der Waals surface area contributed by atoms with Crippen LogP contribution in [0.4, 0.5) is 0 Å². The third-order valence-corrected chi connectivity index (χ3v) is 2.05. The van der Waals surface area contributed by atoms with Crippen molar-refractivity contribution in [1.82, 2.24) is 0 Å². The van der Waals surface area contributed by atoms with Crippen molar-refractivity contribution in [2.75, 3.05) is 13.7 Å². The van der Waals surface area contributed by atoms with E-state index in [9.17, 15) is 9.59 Å². The number of methoxy groups -OCH3 is 1. The summed E-state index contributed by atoms with van der Waals surface area (Å²) in [5.74, 6) is -1.20. The molecule has 0 aromatic heterocycles. The van der Waals surface area contributed by atoms with Gasteiger partial charge in [0.25, 0.3) is 0 Å². The summed E-state index contributed by atoms with van der Waals surface area (Å²) in [5.41, 5.74) is 0.287. The molecule has 0 radical (unpaired) electrons. The van der Waals surface area contributed by atoms with E-state index in [0.29, 0.717) is 0 Å². The molecule has 0 saturated carbocycles. The molecule has 0 spiro atoms. The SMILES string of the molecule is CCOC(=O)C=C1C=C(Cl)N=NC1C(=O)OC. The van der Waals surface area contributed by atoms with Gasteiger partial charge in [-0.3, -0.25) is 0 Å². The van der Waals surface area contributed by atoms with Crippen molar-refractivity contribution >= 4 is 23.5 Å². The van der Waals surface area contributed by atoms with Crippen LogP contribution in [0.2, 0.25) is 0 Å². The molecule has 0 amide bonds. The van der Waals surface area contributed by atoms with Gasteiger partial charge in [0.15, 0.2) is 11.2 Å². The van der Waals surface area contributed by atoms with Crippen LogP contribution in [-0.4, -0.2) is 31.7 Å². The lowest BCUT2D eigenvalue weighted by molar-refractivity contribution is -0.141. The number of halogens is 1. The van der Waals surface area contributed by atoms with Crippen molar-refractivity contribution in [1.29, 1.82) is 0 Å². The number of nitrogens with zero attached hydrogens (tertiary/aromatic N) is 2. The fourth-order valence-electron chi connectivity index (χ4n) is 1.16. The molecule has 1 aliphatic rings. The Kier molecular flexibility index (Phi) is 4.84. The summed E-state index contributed by atoms with van der Waals surface area (Å²) in [6.45, 7) is 1.92. The van der Waals surface area contributed by atoms with Crippen LogP contribution >= 0.6 is 11.6 Å². The van der Waals surface area contributed by atoms with E-state index in [1.807, 2.05) is 0 Å². The minimum absolute atomic E-state index is 0.0840. The first-order valence-electron chi connectivity index (χ1n) is 4.82. The van der Waals surface area contributed by atoms with Gasteiger partial charge >= 0.3 is 11.9 Å². The van der Waals surface area contributed by atoms with Crippen LogP contribution in [0.25, 0.3) is 0 Å². The second kappa shape index (κ2) is 6.15. The molecule has 1 heterocycles. The minimum atomic E-state index is -0.980. The van der Waals surface area contributed by atoms with E-state index < -0.39 is 18.0 Å². The molecule has 0 saturated heterocycles. The lowest BCUT2D eigenvalue weighted by atomic mass is 10.1. The molecular weight excluding hydrogens is 248 g/mol. The van der Waals surface area contributed by atoms with Crippen LogP contribution in [0, 0.1) is 0 Å². The first-order chi connectivity index (χ1) is 8.08. The number of esters is 2. The predicted octanol–water partition coefficient (Wildman–Crippen LogP) is 1.56. The van der Waals surface area contributed by atoms with Gasteiger partial charge in [-0.1, -0.05) is 11.6 Å². The Morgan fingerprint density at radius 3 is 2.88 bits per heavy atom. The molecule has 0 fully saturated rings. The number of carbonyl (C=O) groups excluding carboxylic acids is 2. The fourth-order valence-corrected chi connectivity index (χ4v) is 1.33. The highest BCUT2D eigenvalue weighted by molar-refractivity contribution is 6.29. The number of rotatable bonds is 3. The zero-order valence-corrected chi connectivity index (χ0v) is 10.1. The van der Waals surface area contributed by atoms with Crippen molar-refractivity contribution in [3.8, 4) is 0 Å². The quantitative estimate of drug-likeness (QED) is 0.437. The molecule has 0 bridgehead atoms. The Bertz CT molecular complexity index is 415. The zero-order valence-electron chi connectivity index (χ0n) is 9.34. The summed E-state index contributed by atoms with van der Waals surface area (Å²) in [5, 5.41) is 7.28. The number of hydrogen-bond acceptors (Lipinski definition) is 6. The average Bonchev–Trinajstić information content (AvgIpc) is 2.28. The molecule has 7 heteroatoms. The monoisotopic (exact) mass is 258 g/mol. The van der Waals surface area contributed by atoms with Crippen molar-refractivity contribution in [3.05, 3.63) is 22.9 Å². The molecule has 0 aromatic carbocycles. The summed E-state index contributed by atoms with van der Waals surface area (Å²) in [6.07, 6.45) is 2.51. The van der Waals surface area contributed by atoms with E-state index in [1.165, 1.54) is 13.2 Å². The minimum Gasteiger partial charge on any atom is -0.467 e. The molecule has 1 unspecified atom stereocenters. The lowest BCUT2D eigenvalue weighted by Gasteiger charge is -2.13. The Labute approximate surface area is 103 Å². The van der Waals surface area contributed by atoms with Crippen molar-refractivity contribution in [2.45, 2.75) is 13.0 Å². The van der Waals surface area contributed by atoms with Gasteiger partial charge in [0.05, 0.1) is 13.7 Å². The van der Waals surface area contributed by atoms with Crippen LogP contribution in [0.3, 0.4) is 0 Å². The van der Waals surface area contributed by atoms with Gasteiger partial charge < -0.3 is 9.47 Å². The van der Waals surface area contributed by atoms with Gasteiger partial charge in [-0.2, -0.15) is 5.11 Å². The summed E-state index contributed by atoms with van der Waals surface area (Å²) in [6, 6.07) is -0.980. The second-order valence-electron chi connectivity index (χ2n) is 3.00. The van der Waals surface area contributed by atoms with Crippen molar-refractivity contribution in [2.24, 2.45) is 10.2 Å². The van der Waals surface area contributed by atoms with E-state index >= 15 is 0 Å². The third-order valence-electron chi connectivity index (χ3n) is 1.87. The number of carbonyl (C=O) groups is 2. The zero-order chi connectivity index (χ0) is 12.8. The van der Waals surface area contributed by atoms with Crippen molar-refractivity contribution < 1.29 is 19.1 Å². The normalized spacial score (nSPS) is 21.0. The summed E-state index contributed by atoms with van der Waals surface area (Å²) in [4.78, 5) is 22.7. The Balaban J connectivity index is 2.95. The number of azo groups is 1. The second-order valence-corrected chi connectivity index (χ2v) is 3.39. The van der Waals surface area contributed by atoms with Gasteiger partial charge in [-0.05, 0) is 18.6 Å². The van der Waals surface area contributed by atoms with Crippen LogP contribution in [0.1, 0.15) is 6.92 Å². The maximum Gasteiger partial charge on any atom is 0.337 e. The number of ether oxygens (including phenoxy) is 2. The van der Waals surface area contributed by atoms with Gasteiger partial charge in [0.1, 0.15) is 0 Å². The van der Waals surface area contributed by atoms with E-state index in [0.717, 1.165) is 6.08 Å². The third kappa shape index (κ3) is 3.67. The molecule has 0 aromatic rings. The maximum absolute atomic E-state index is 11.4. The average molecular weight is 259 g/mol. The number of hydrogen-bond donors (Lipinski definition) is 0. The molecular formula is C10H11ClN2O4. The van der Waals surface area contributed by atoms with Crippen molar-refractivity contribution in [3.63, 3.8) is 0 Å². The summed E-state index contributed by atoms with van der Waals surface area (Å²) < 4.78 is 9.27. The molecule has 0 N–H and O–H groups in total. The van der Waals surface area contributed by atoms with Crippen LogP contribution < -0.4 is 0 Å². The van der Waals surface area contributed by atoms with E-state index in [-0.39, 0.29) is 17.3 Å². The molecule has 1 rings (SSSR count). The molecule has 17 heavy (non-hydrogen) atoms. The first-order valence-corrected chi connectivity index (χ1v) is 5.20. The molecule has 92 valence electrons. The van der Waals surface area contributed by atoms with E-state index in [1.54, 1.807) is 6.92 Å². The van der Waals surface area contributed by atoms with E-state index in [4.69, 9.17) is 16.3 Å². The molecule has 6 nitrogen and oxygen atoms in total. The van der Waals surface area contributed by atoms with Crippen LogP contribution in [0.5, 0.6) is 0 Å². The van der Waals surface area contributed by atoms with Gasteiger partial charge in [-0.25, -0.2) is 9.59 Å². The van der Waals surface area contributed by atoms with Crippen LogP contribution in [0.15, 0.2) is 33.1 Å². The largest absolute Gasteiger partial charge is 0.467 e. The molecule has 1 aliphatic heterocycles. The molecule has 1 atom stereocenters. The molecule has 0 aliphatic carbocycles. The smallest absolute Gasteiger partial charge is 0.337 e. The summed E-state index contributed by atoms with van der Waals surface area (Å²) >= 11 is 5.64. The van der Waals surface area contributed by atoms with Crippen LogP contribution in [-0.2, 0) is 19.1 Å². The van der Waals surface area contributed by atoms with E-state index in [2.05, 4.69) is 15.0 Å². The first kappa shape index (κ1) is 13.4. The standard InChI is InChI=1S/C10H11ClN2O4/c1-3-17-8(14)5-6-4-7(11)12-13-9(6)10(15)16-2/h4-5,9H,3H2,1-2H3. The Morgan fingerprint density at radius 1 is 1.59 bits per heavy atom. The summed E-state index contributed by atoms with van der Waals surface area (Å²) in [7, 11) is 1.22. The highest BCUT2D eigenvalue weighted by Gasteiger charge is 2.26. The highest BCUT2D eigenvalue weighted by Crippen LogP contribution is 2.22. The van der Waals surface area contributed by atoms with Gasteiger partial charge in [0, 0.05) is 6.08 Å². The van der Waals surface area contributed by atoms with Gasteiger partial charge in [-0.15, -0.1) is 5.11 Å². The Hall–Kier alpha value is -1.69. The fraction of sp³-hybridized carbons (Fsp3) is 0.400. The topological polar surface area (TPSA) is 77.3 Å². The maximum atomic E-state index is 11.4. The predicted molar refractivity (Wildman–Crippen MR) is 59.3 cm³/mol. The lowest BCUT2D eigenvalue weighted by Crippen LogP contribution is -2.23.